The highest BCUT2D eigenvalue weighted by molar-refractivity contribution is 6.14. The summed E-state index contributed by atoms with van der Waals surface area (Å²) in [6, 6.07) is 5.31. The molecule has 0 aliphatic rings. The first-order chi connectivity index (χ1) is 9.16. The Morgan fingerprint density at radius 3 is 3.00 bits per heavy atom. The number of H-pyrrole nitrogens is 2. The lowest BCUT2D eigenvalue weighted by Gasteiger charge is -2.05. The highest BCUT2D eigenvalue weighted by Crippen LogP contribution is 2.16. The van der Waals surface area contributed by atoms with Crippen LogP contribution in [0.15, 0.2) is 35.5 Å². The molecule has 2 aromatic heterocycles. The first-order valence-electron chi connectivity index (χ1n) is 5.52. The minimum atomic E-state index is -0.429. The fourth-order valence-corrected chi connectivity index (χ4v) is 1.89. The number of rotatable bonds is 2. The first-order valence-corrected chi connectivity index (χ1v) is 5.52. The molecule has 0 spiro atoms. The fourth-order valence-electron chi connectivity index (χ4n) is 1.89. The second kappa shape index (κ2) is 4.05. The third-order valence-electron chi connectivity index (χ3n) is 2.86. The molecule has 0 aliphatic heterocycles. The molecule has 94 valence electrons. The molecule has 0 aliphatic carbocycles. The van der Waals surface area contributed by atoms with Gasteiger partial charge in [-0.15, -0.1) is 0 Å². The number of nitrogens with two attached hydrogens (primary N) is 1. The lowest BCUT2D eigenvalue weighted by molar-refractivity contribution is 1.11. The molecule has 0 atom stereocenters. The largest absolute Gasteiger partial charge is 0.383 e. The zero-order valence-electron chi connectivity index (χ0n) is 9.77. The van der Waals surface area contributed by atoms with Crippen LogP contribution in [0.5, 0.6) is 0 Å². The summed E-state index contributed by atoms with van der Waals surface area (Å²) in [4.78, 5) is 17.9. The smallest absolute Gasteiger partial charge is 0.262 e. The maximum absolute atomic E-state index is 11.7. The molecule has 2 heterocycles. The van der Waals surface area contributed by atoms with Crippen LogP contribution in [-0.4, -0.2) is 25.9 Å². The molecular formula is C12H10N6O. The maximum atomic E-state index is 11.7. The SMILES string of the molecule is N=C(c1ccc2cn[nH]c2c1)c1c(N)nc[nH]c1=O. The van der Waals surface area contributed by atoms with E-state index in [2.05, 4.69) is 20.2 Å². The summed E-state index contributed by atoms with van der Waals surface area (Å²) >= 11 is 0. The molecule has 1 aromatic carbocycles. The molecule has 0 fully saturated rings. The fraction of sp³-hybridized carbons (Fsp3) is 0. The summed E-state index contributed by atoms with van der Waals surface area (Å²) < 4.78 is 0. The Labute approximate surface area is 107 Å². The maximum Gasteiger partial charge on any atom is 0.262 e. The van der Waals surface area contributed by atoms with Crippen LogP contribution in [0.4, 0.5) is 5.82 Å². The van der Waals surface area contributed by atoms with E-state index >= 15 is 0 Å². The average Bonchev–Trinajstić information content (AvgIpc) is 2.85. The number of aromatic amines is 2. The number of hydrogen-bond acceptors (Lipinski definition) is 5. The van der Waals surface area contributed by atoms with Gasteiger partial charge < -0.3 is 10.7 Å². The minimum absolute atomic E-state index is 0.0309. The van der Waals surface area contributed by atoms with Crippen LogP contribution in [0, 0.1) is 5.41 Å². The van der Waals surface area contributed by atoms with E-state index in [-0.39, 0.29) is 17.1 Å². The van der Waals surface area contributed by atoms with Crippen molar-refractivity contribution in [3.05, 3.63) is 52.2 Å². The van der Waals surface area contributed by atoms with Crippen LogP contribution in [0.2, 0.25) is 0 Å². The van der Waals surface area contributed by atoms with Crippen LogP contribution < -0.4 is 11.3 Å². The van der Waals surface area contributed by atoms with Crippen molar-refractivity contribution in [1.82, 2.24) is 20.2 Å². The Morgan fingerprint density at radius 1 is 1.37 bits per heavy atom. The summed E-state index contributed by atoms with van der Waals surface area (Å²) in [5.41, 5.74) is 6.70. The summed E-state index contributed by atoms with van der Waals surface area (Å²) in [6.07, 6.45) is 2.90. The topological polar surface area (TPSA) is 124 Å². The van der Waals surface area contributed by atoms with E-state index in [0.717, 1.165) is 10.9 Å². The Hall–Kier alpha value is -2.96. The van der Waals surface area contributed by atoms with Gasteiger partial charge in [0, 0.05) is 10.9 Å². The van der Waals surface area contributed by atoms with Crippen LogP contribution >= 0.6 is 0 Å². The molecular weight excluding hydrogens is 244 g/mol. The van der Waals surface area contributed by atoms with Gasteiger partial charge in [0.1, 0.15) is 11.4 Å². The van der Waals surface area contributed by atoms with E-state index in [1.165, 1.54) is 6.33 Å². The molecule has 0 radical (unpaired) electrons. The van der Waals surface area contributed by atoms with Gasteiger partial charge in [-0.1, -0.05) is 12.1 Å². The molecule has 0 saturated heterocycles. The van der Waals surface area contributed by atoms with Crippen molar-refractivity contribution in [2.45, 2.75) is 0 Å². The Morgan fingerprint density at radius 2 is 2.21 bits per heavy atom. The lowest BCUT2D eigenvalue weighted by Crippen LogP contribution is -2.21. The number of fused-ring (bicyclic) bond motifs is 1. The van der Waals surface area contributed by atoms with E-state index in [1.54, 1.807) is 18.3 Å². The number of nitrogens with zero attached hydrogens (tertiary/aromatic N) is 2. The second-order valence-electron chi connectivity index (χ2n) is 4.04. The number of benzene rings is 1. The van der Waals surface area contributed by atoms with Crippen molar-refractivity contribution in [3.8, 4) is 0 Å². The van der Waals surface area contributed by atoms with Gasteiger partial charge in [-0.25, -0.2) is 4.98 Å². The Balaban J connectivity index is 2.15. The number of nitrogens with one attached hydrogen (secondary N) is 3. The molecule has 19 heavy (non-hydrogen) atoms. The normalized spacial score (nSPS) is 10.7. The molecule has 7 heteroatoms. The summed E-state index contributed by atoms with van der Waals surface area (Å²) in [7, 11) is 0. The number of hydrogen-bond donors (Lipinski definition) is 4. The van der Waals surface area contributed by atoms with Gasteiger partial charge in [-0.3, -0.25) is 15.3 Å². The van der Waals surface area contributed by atoms with Crippen molar-refractivity contribution in [3.63, 3.8) is 0 Å². The van der Waals surface area contributed by atoms with E-state index in [4.69, 9.17) is 11.1 Å². The van der Waals surface area contributed by atoms with E-state index < -0.39 is 5.56 Å². The second-order valence-corrected chi connectivity index (χ2v) is 4.04. The third-order valence-corrected chi connectivity index (χ3v) is 2.86. The molecule has 0 bridgehead atoms. The number of anilines is 1. The van der Waals surface area contributed by atoms with E-state index in [9.17, 15) is 4.79 Å². The van der Waals surface area contributed by atoms with Crippen molar-refractivity contribution < 1.29 is 0 Å². The van der Waals surface area contributed by atoms with Crippen molar-refractivity contribution in [1.29, 1.82) is 5.41 Å². The molecule has 5 N–H and O–H groups in total. The van der Waals surface area contributed by atoms with Crippen LogP contribution in [0.1, 0.15) is 11.1 Å². The van der Waals surface area contributed by atoms with Gasteiger partial charge in [0.05, 0.1) is 23.8 Å². The van der Waals surface area contributed by atoms with Gasteiger partial charge in [0.15, 0.2) is 0 Å². The molecule has 3 rings (SSSR count). The van der Waals surface area contributed by atoms with Crippen molar-refractivity contribution in [2.24, 2.45) is 0 Å². The van der Waals surface area contributed by atoms with Gasteiger partial charge in [0.25, 0.3) is 5.56 Å². The molecule has 3 aromatic rings. The molecule has 0 saturated carbocycles. The van der Waals surface area contributed by atoms with Crippen molar-refractivity contribution in [2.75, 3.05) is 5.73 Å². The Bertz CT molecular complexity index is 831. The lowest BCUT2D eigenvalue weighted by atomic mass is 10.0. The average molecular weight is 254 g/mol. The molecule has 7 nitrogen and oxygen atoms in total. The molecule has 0 amide bonds. The predicted molar refractivity (Wildman–Crippen MR) is 71.3 cm³/mol. The monoisotopic (exact) mass is 254 g/mol. The standard InChI is InChI=1S/C12H10N6O/c13-10(9-11(14)15-5-16-12(9)19)6-1-2-7-4-17-18-8(7)3-6/h1-5,13H,(H,17,18)(H3,14,15,16,19). The van der Waals surface area contributed by atoms with E-state index in [1.807, 2.05) is 6.07 Å². The summed E-state index contributed by atoms with van der Waals surface area (Å²) in [5, 5.41) is 15.8. The van der Waals surface area contributed by atoms with Crippen LogP contribution in [-0.2, 0) is 0 Å². The van der Waals surface area contributed by atoms with Gasteiger partial charge in [0.2, 0.25) is 0 Å². The number of aromatic nitrogens is 4. The third kappa shape index (κ3) is 1.77. The van der Waals surface area contributed by atoms with Gasteiger partial charge >= 0.3 is 0 Å². The van der Waals surface area contributed by atoms with Crippen LogP contribution in [0.3, 0.4) is 0 Å². The van der Waals surface area contributed by atoms with Crippen LogP contribution in [0.25, 0.3) is 10.9 Å². The number of nitrogen functional groups attached to an aromatic ring is 1. The first kappa shape index (κ1) is 11.1. The summed E-state index contributed by atoms with van der Waals surface area (Å²) in [6.45, 7) is 0. The minimum Gasteiger partial charge on any atom is -0.383 e. The highest BCUT2D eigenvalue weighted by Gasteiger charge is 2.14. The van der Waals surface area contributed by atoms with Gasteiger partial charge in [-0.05, 0) is 6.07 Å². The van der Waals surface area contributed by atoms with E-state index in [0.29, 0.717) is 5.56 Å². The molecule has 0 unspecified atom stereocenters. The quantitative estimate of drug-likeness (QED) is 0.501. The Kier molecular flexibility index (Phi) is 2.38. The predicted octanol–water partition coefficient (Wildman–Crippen LogP) is 0.645. The van der Waals surface area contributed by atoms with Gasteiger partial charge in [-0.2, -0.15) is 5.10 Å². The zero-order chi connectivity index (χ0) is 13.4. The zero-order valence-corrected chi connectivity index (χ0v) is 9.77. The summed E-state index contributed by atoms with van der Waals surface area (Å²) in [5.74, 6) is 0.0402. The van der Waals surface area contributed by atoms with Crippen molar-refractivity contribution >= 4 is 22.4 Å². The highest BCUT2D eigenvalue weighted by atomic mass is 16.1.